The van der Waals surface area contributed by atoms with Crippen LogP contribution < -0.4 is 27.0 Å². The first-order valence-corrected chi connectivity index (χ1v) is 13.0. The van der Waals surface area contributed by atoms with Gasteiger partial charge in [0.2, 0.25) is 23.7 Å². The fourth-order valence-corrected chi connectivity index (χ4v) is 4.40. The monoisotopic (exact) mass is 577 g/mol. The normalized spacial score (nSPS) is 15.3. The van der Waals surface area contributed by atoms with Crippen molar-refractivity contribution >= 4 is 73.7 Å². The first kappa shape index (κ1) is 27.4. The Bertz CT molecular complexity index is 1160. The van der Waals surface area contributed by atoms with E-state index in [0.717, 1.165) is 11.8 Å². The van der Waals surface area contributed by atoms with E-state index in [1.165, 1.54) is 13.8 Å². The average molecular weight is 578 g/mol. The minimum absolute atomic E-state index is 0.0409. The van der Waals surface area contributed by atoms with E-state index in [9.17, 15) is 19.2 Å². The van der Waals surface area contributed by atoms with Crippen LogP contribution in [0.25, 0.3) is 0 Å². The van der Waals surface area contributed by atoms with Gasteiger partial charge >= 0.3 is 0 Å². The van der Waals surface area contributed by atoms with Gasteiger partial charge in [0, 0.05) is 37.1 Å². The van der Waals surface area contributed by atoms with E-state index in [2.05, 4.69) is 47.2 Å². The number of carbonyl (C=O) groups excluding carboxylic acids is 4. The third-order valence-electron chi connectivity index (χ3n) is 5.42. The molecule has 2 heterocycles. The van der Waals surface area contributed by atoms with Gasteiger partial charge in [-0.3, -0.25) is 19.2 Å². The first-order chi connectivity index (χ1) is 17.1. The molecule has 0 spiro atoms. The van der Waals surface area contributed by atoms with Gasteiger partial charge in [-0.2, -0.15) is 4.98 Å². The Kier molecular flexibility index (Phi) is 9.26. The summed E-state index contributed by atoms with van der Waals surface area (Å²) < 4.78 is 0.663. The summed E-state index contributed by atoms with van der Waals surface area (Å²) in [7, 11) is 0. The van der Waals surface area contributed by atoms with Crippen LogP contribution in [0.2, 0.25) is 0 Å². The van der Waals surface area contributed by atoms with E-state index in [0.29, 0.717) is 60.0 Å². The summed E-state index contributed by atoms with van der Waals surface area (Å²) in [5, 5.41) is 11.5. The van der Waals surface area contributed by atoms with Crippen molar-refractivity contribution in [3.05, 3.63) is 34.9 Å². The maximum Gasteiger partial charge on any atom is 0.237 e. The molecule has 0 aliphatic carbocycles. The standard InChI is InChI=1S/C23H28BrN7O4S/c1-23(2,20(25)34)21(35)27-10-4-9-26-18-15(24)12-28-22(31-18)30-14-6-3-5-13(11-14)29-19(33)16-7-8-17(32)36-16/h3,5-6,11-12,16H,4,7-10H2,1-2H3,(H2,25,34)(H,27,35)(H,29,33)(H2,26,28,30,31). The van der Waals surface area contributed by atoms with E-state index in [1.54, 1.807) is 24.4 Å². The number of amides is 3. The average Bonchev–Trinajstić information content (AvgIpc) is 3.27. The molecule has 1 aliphatic heterocycles. The molecule has 1 aromatic heterocycles. The number of carbonyl (C=O) groups is 4. The summed E-state index contributed by atoms with van der Waals surface area (Å²) in [6.45, 7) is 3.84. The lowest BCUT2D eigenvalue weighted by atomic mass is 9.91. The summed E-state index contributed by atoms with van der Waals surface area (Å²) >= 11 is 4.49. The van der Waals surface area contributed by atoms with Crippen LogP contribution in [0.1, 0.15) is 33.1 Å². The van der Waals surface area contributed by atoms with E-state index < -0.39 is 17.2 Å². The predicted molar refractivity (Wildman–Crippen MR) is 143 cm³/mol. The van der Waals surface area contributed by atoms with E-state index in [4.69, 9.17) is 5.73 Å². The van der Waals surface area contributed by atoms with Crippen molar-refractivity contribution in [2.45, 2.75) is 38.4 Å². The summed E-state index contributed by atoms with van der Waals surface area (Å²) in [5.74, 6) is -0.385. The first-order valence-electron chi connectivity index (χ1n) is 11.3. The number of nitrogens with one attached hydrogen (secondary N) is 4. The Labute approximate surface area is 221 Å². The molecular weight excluding hydrogens is 550 g/mol. The van der Waals surface area contributed by atoms with Gasteiger partial charge < -0.3 is 27.0 Å². The second-order valence-electron chi connectivity index (χ2n) is 8.63. The number of primary amides is 1. The number of rotatable bonds is 11. The van der Waals surface area contributed by atoms with Crippen molar-refractivity contribution in [3.8, 4) is 0 Å². The highest BCUT2D eigenvalue weighted by atomic mass is 79.9. The van der Waals surface area contributed by atoms with Crippen molar-refractivity contribution in [3.63, 3.8) is 0 Å². The van der Waals surface area contributed by atoms with E-state index in [1.807, 2.05) is 6.07 Å². The van der Waals surface area contributed by atoms with Crippen LogP contribution in [0.4, 0.5) is 23.1 Å². The molecule has 0 saturated carbocycles. The summed E-state index contributed by atoms with van der Waals surface area (Å²) in [6, 6.07) is 7.13. The molecule has 3 amide bonds. The SMILES string of the molecule is CC(C)(C(N)=O)C(=O)NCCCNc1nc(Nc2cccc(NC(=O)C3CCC(=O)S3)c2)ncc1Br. The van der Waals surface area contributed by atoms with Crippen molar-refractivity contribution in [1.82, 2.24) is 15.3 Å². The number of hydrogen-bond acceptors (Lipinski definition) is 9. The Hall–Kier alpha value is -3.19. The Morgan fingerprint density at radius 1 is 1.22 bits per heavy atom. The Morgan fingerprint density at radius 2 is 1.97 bits per heavy atom. The molecule has 1 atom stereocenters. The quantitative estimate of drug-likeness (QED) is 0.199. The van der Waals surface area contributed by atoms with E-state index >= 15 is 0 Å². The van der Waals surface area contributed by atoms with Crippen LogP contribution in [0, 0.1) is 5.41 Å². The topological polar surface area (TPSA) is 168 Å². The number of benzene rings is 1. The number of nitrogens with zero attached hydrogens (tertiary/aromatic N) is 2. The van der Waals surface area contributed by atoms with Gasteiger partial charge in [-0.25, -0.2) is 4.98 Å². The maximum atomic E-state index is 12.4. The van der Waals surface area contributed by atoms with Crippen molar-refractivity contribution in [1.29, 1.82) is 0 Å². The zero-order chi connectivity index (χ0) is 26.3. The van der Waals surface area contributed by atoms with Gasteiger partial charge in [0.15, 0.2) is 5.12 Å². The molecule has 0 bridgehead atoms. The van der Waals surface area contributed by atoms with Crippen molar-refractivity contribution in [2.24, 2.45) is 11.1 Å². The van der Waals surface area contributed by atoms with Crippen LogP contribution in [-0.2, 0) is 19.2 Å². The highest BCUT2D eigenvalue weighted by Crippen LogP contribution is 2.29. The number of nitrogens with two attached hydrogens (primary N) is 1. The van der Waals surface area contributed by atoms with Crippen LogP contribution in [0.5, 0.6) is 0 Å². The summed E-state index contributed by atoms with van der Waals surface area (Å²) in [5.41, 5.74) is 5.27. The lowest BCUT2D eigenvalue weighted by Gasteiger charge is -2.19. The third-order valence-corrected chi connectivity index (χ3v) is 7.20. The Balaban J connectivity index is 1.52. The molecule has 1 saturated heterocycles. The summed E-state index contributed by atoms with van der Waals surface area (Å²) in [4.78, 5) is 56.0. The van der Waals surface area contributed by atoms with Crippen LogP contribution in [0.3, 0.4) is 0 Å². The molecule has 2 aromatic rings. The fourth-order valence-electron chi connectivity index (χ4n) is 3.12. The zero-order valence-corrected chi connectivity index (χ0v) is 22.3. The van der Waals surface area contributed by atoms with E-state index in [-0.39, 0.29) is 16.3 Å². The molecule has 1 aliphatic rings. The van der Waals surface area contributed by atoms with Gasteiger partial charge in [0.05, 0.1) is 9.72 Å². The molecule has 1 unspecified atom stereocenters. The fraction of sp³-hybridized carbons (Fsp3) is 0.391. The second-order valence-corrected chi connectivity index (χ2v) is 10.7. The van der Waals surface area contributed by atoms with Crippen molar-refractivity contribution < 1.29 is 19.2 Å². The smallest absolute Gasteiger partial charge is 0.237 e. The molecule has 11 nitrogen and oxygen atoms in total. The highest BCUT2D eigenvalue weighted by molar-refractivity contribution is 9.10. The second kappa shape index (κ2) is 12.2. The molecule has 6 N–H and O–H groups in total. The van der Waals surface area contributed by atoms with Gasteiger partial charge in [0.25, 0.3) is 0 Å². The van der Waals surface area contributed by atoms with Gasteiger partial charge in [-0.05, 0) is 60.8 Å². The zero-order valence-electron chi connectivity index (χ0n) is 19.9. The van der Waals surface area contributed by atoms with Crippen molar-refractivity contribution in [2.75, 3.05) is 29.0 Å². The molecule has 0 radical (unpaired) electrons. The molecule has 36 heavy (non-hydrogen) atoms. The highest BCUT2D eigenvalue weighted by Gasteiger charge is 2.33. The van der Waals surface area contributed by atoms with Crippen LogP contribution >= 0.6 is 27.7 Å². The van der Waals surface area contributed by atoms with Gasteiger partial charge in [0.1, 0.15) is 11.2 Å². The number of thioether (sulfide) groups is 1. The molecular formula is C23H28BrN7O4S. The number of halogens is 1. The molecule has 192 valence electrons. The molecule has 1 aromatic carbocycles. The Morgan fingerprint density at radius 3 is 2.67 bits per heavy atom. The minimum atomic E-state index is -1.27. The summed E-state index contributed by atoms with van der Waals surface area (Å²) in [6.07, 6.45) is 3.17. The minimum Gasteiger partial charge on any atom is -0.369 e. The largest absolute Gasteiger partial charge is 0.369 e. The molecule has 3 rings (SSSR count). The maximum absolute atomic E-state index is 12.4. The predicted octanol–water partition coefficient (Wildman–Crippen LogP) is 2.77. The van der Waals surface area contributed by atoms with Crippen LogP contribution in [-0.4, -0.2) is 51.1 Å². The molecule has 1 fully saturated rings. The van der Waals surface area contributed by atoms with Gasteiger partial charge in [-0.15, -0.1) is 0 Å². The lowest BCUT2D eigenvalue weighted by Crippen LogP contribution is -2.46. The number of anilines is 4. The molecule has 13 heteroatoms. The van der Waals surface area contributed by atoms with Crippen LogP contribution in [0.15, 0.2) is 34.9 Å². The lowest BCUT2D eigenvalue weighted by molar-refractivity contribution is -0.139. The number of aromatic nitrogens is 2. The number of hydrogen-bond donors (Lipinski definition) is 5. The third kappa shape index (κ3) is 7.40. The van der Waals surface area contributed by atoms with Gasteiger partial charge in [-0.1, -0.05) is 17.8 Å².